The highest BCUT2D eigenvalue weighted by atomic mass is 16.8. The van der Waals surface area contributed by atoms with E-state index in [2.05, 4.69) is 40.9 Å². The van der Waals surface area contributed by atoms with E-state index in [-0.39, 0.29) is 0 Å². The molecule has 0 bridgehead atoms. The van der Waals surface area contributed by atoms with Gasteiger partial charge in [0.2, 0.25) is 11.6 Å². The standard InChI is InChI=1S/C28H46O5/c1-7-11-13-23-19-27(17-15-21(23)5,31-25(29)9-3)33-28(32-26(30)10-4)18-16-22(6)24(20-28)14-12-8-2/h9-10,21-24H,3-4,7-8,11-20H2,1-2,5-6H3. The smallest absolute Gasteiger partial charge is 0.332 e. The van der Waals surface area contributed by atoms with Crippen molar-refractivity contribution in [1.82, 2.24) is 0 Å². The number of carbonyl (C=O) groups is 2. The molecule has 2 saturated carbocycles. The third-order valence-electron chi connectivity index (χ3n) is 7.85. The van der Waals surface area contributed by atoms with Crippen molar-refractivity contribution in [2.75, 3.05) is 0 Å². The van der Waals surface area contributed by atoms with Crippen molar-refractivity contribution >= 4 is 11.9 Å². The van der Waals surface area contributed by atoms with Gasteiger partial charge in [0.25, 0.3) is 0 Å². The van der Waals surface area contributed by atoms with E-state index >= 15 is 0 Å². The van der Waals surface area contributed by atoms with Crippen molar-refractivity contribution in [3.05, 3.63) is 25.3 Å². The Kier molecular flexibility index (Phi) is 10.7. The quantitative estimate of drug-likeness (QED) is 0.176. The van der Waals surface area contributed by atoms with Gasteiger partial charge in [0, 0.05) is 37.8 Å². The van der Waals surface area contributed by atoms with Crippen LogP contribution in [0.2, 0.25) is 0 Å². The van der Waals surface area contributed by atoms with Gasteiger partial charge in [-0.1, -0.05) is 66.5 Å². The van der Waals surface area contributed by atoms with Gasteiger partial charge >= 0.3 is 11.9 Å². The second-order valence-corrected chi connectivity index (χ2v) is 10.4. The maximum atomic E-state index is 12.4. The highest BCUT2D eigenvalue weighted by Crippen LogP contribution is 2.49. The summed E-state index contributed by atoms with van der Waals surface area (Å²) < 4.78 is 18.7. The van der Waals surface area contributed by atoms with Crippen molar-refractivity contribution in [1.29, 1.82) is 0 Å². The third-order valence-corrected chi connectivity index (χ3v) is 7.85. The summed E-state index contributed by atoms with van der Waals surface area (Å²) in [5.74, 6) is -1.34. The first kappa shape index (κ1) is 27.6. The topological polar surface area (TPSA) is 61.8 Å². The minimum Gasteiger partial charge on any atom is -0.430 e. The molecule has 0 spiro atoms. The minimum atomic E-state index is -1.10. The van der Waals surface area contributed by atoms with Gasteiger partial charge in [-0.15, -0.1) is 0 Å². The molecule has 0 radical (unpaired) electrons. The maximum Gasteiger partial charge on any atom is 0.332 e. The zero-order chi connectivity index (χ0) is 24.5. The van der Waals surface area contributed by atoms with Gasteiger partial charge in [-0.2, -0.15) is 0 Å². The lowest BCUT2D eigenvalue weighted by Gasteiger charge is -2.50. The van der Waals surface area contributed by atoms with Crippen LogP contribution in [0, 0.1) is 23.7 Å². The second kappa shape index (κ2) is 12.7. The number of unbranched alkanes of at least 4 members (excludes halogenated alkanes) is 2. The number of esters is 2. The molecule has 0 aliphatic heterocycles. The van der Waals surface area contributed by atoms with Crippen LogP contribution in [0.5, 0.6) is 0 Å². The van der Waals surface area contributed by atoms with E-state index in [9.17, 15) is 9.59 Å². The largest absolute Gasteiger partial charge is 0.430 e. The molecule has 0 aromatic carbocycles. The van der Waals surface area contributed by atoms with Gasteiger partial charge in [-0.25, -0.2) is 9.59 Å². The molecule has 0 N–H and O–H groups in total. The molecule has 2 aliphatic carbocycles. The zero-order valence-electron chi connectivity index (χ0n) is 21.4. The molecule has 0 heterocycles. The highest BCUT2D eigenvalue weighted by Gasteiger charge is 2.52. The van der Waals surface area contributed by atoms with Crippen molar-refractivity contribution in [2.45, 2.75) is 116 Å². The van der Waals surface area contributed by atoms with Gasteiger partial charge in [-0.05, 0) is 49.4 Å². The van der Waals surface area contributed by atoms with E-state index in [1.54, 1.807) is 0 Å². The molecular weight excluding hydrogens is 416 g/mol. The molecule has 5 nitrogen and oxygen atoms in total. The van der Waals surface area contributed by atoms with Crippen LogP contribution in [-0.4, -0.2) is 23.5 Å². The van der Waals surface area contributed by atoms with Gasteiger partial charge in [-0.3, -0.25) is 4.74 Å². The molecule has 2 aliphatic rings. The molecule has 6 unspecified atom stereocenters. The van der Waals surface area contributed by atoms with Crippen LogP contribution < -0.4 is 0 Å². The van der Waals surface area contributed by atoms with E-state index in [0.717, 1.165) is 51.4 Å². The number of hydrogen-bond donors (Lipinski definition) is 0. The van der Waals surface area contributed by atoms with Gasteiger partial charge < -0.3 is 9.47 Å². The van der Waals surface area contributed by atoms with Crippen LogP contribution in [-0.2, 0) is 23.8 Å². The summed E-state index contributed by atoms with van der Waals surface area (Å²) in [5, 5.41) is 0. The van der Waals surface area contributed by atoms with Gasteiger partial charge in [0.05, 0.1) is 0 Å². The van der Waals surface area contributed by atoms with Crippen molar-refractivity contribution in [2.24, 2.45) is 23.7 Å². The lowest BCUT2D eigenvalue weighted by molar-refractivity contribution is -0.361. The molecule has 33 heavy (non-hydrogen) atoms. The monoisotopic (exact) mass is 462 g/mol. The average molecular weight is 463 g/mol. The number of ether oxygens (including phenoxy) is 3. The maximum absolute atomic E-state index is 12.4. The normalized spacial score (nSPS) is 34.3. The van der Waals surface area contributed by atoms with Crippen molar-refractivity contribution in [3.8, 4) is 0 Å². The summed E-state index contributed by atoms with van der Waals surface area (Å²) in [6.07, 6.45) is 13.3. The van der Waals surface area contributed by atoms with Crippen LogP contribution in [0.25, 0.3) is 0 Å². The second-order valence-electron chi connectivity index (χ2n) is 10.4. The number of rotatable bonds is 12. The molecule has 6 atom stereocenters. The summed E-state index contributed by atoms with van der Waals surface area (Å²) in [5.41, 5.74) is 0. The SMILES string of the molecule is C=CC(=O)OC1(OC2(OC(=O)C=C)CCC(C)C(CCCC)C2)CCC(C)C(CCCC)C1. The number of carbonyl (C=O) groups excluding carboxylic acids is 2. The molecule has 0 aromatic rings. The summed E-state index contributed by atoms with van der Waals surface area (Å²) in [7, 11) is 0. The molecule has 0 aromatic heterocycles. The summed E-state index contributed by atoms with van der Waals surface area (Å²) in [6.45, 7) is 16.1. The van der Waals surface area contributed by atoms with E-state index in [0.29, 0.717) is 49.4 Å². The minimum absolute atomic E-state index is 0.391. The van der Waals surface area contributed by atoms with Gasteiger partial charge in [0.15, 0.2) is 0 Å². The van der Waals surface area contributed by atoms with Crippen molar-refractivity contribution < 1.29 is 23.8 Å². The summed E-state index contributed by atoms with van der Waals surface area (Å²) >= 11 is 0. The van der Waals surface area contributed by atoms with Gasteiger partial charge in [0.1, 0.15) is 0 Å². The molecular formula is C28H46O5. The predicted molar refractivity (Wildman–Crippen MR) is 131 cm³/mol. The predicted octanol–water partition coefficient (Wildman–Crippen LogP) is 7.11. The van der Waals surface area contributed by atoms with Crippen LogP contribution in [0.4, 0.5) is 0 Å². The molecule has 2 rings (SSSR count). The fraction of sp³-hybridized carbons (Fsp3) is 0.786. The third kappa shape index (κ3) is 7.70. The van der Waals surface area contributed by atoms with Crippen LogP contribution in [0.1, 0.15) is 105 Å². The van der Waals surface area contributed by atoms with Crippen molar-refractivity contribution in [3.63, 3.8) is 0 Å². The lowest BCUT2D eigenvalue weighted by atomic mass is 9.73. The Morgan fingerprint density at radius 2 is 1.21 bits per heavy atom. The lowest BCUT2D eigenvalue weighted by Crippen LogP contribution is -2.55. The van der Waals surface area contributed by atoms with E-state index in [4.69, 9.17) is 14.2 Å². The van der Waals surface area contributed by atoms with Crippen LogP contribution in [0.3, 0.4) is 0 Å². The number of hydrogen-bond acceptors (Lipinski definition) is 5. The molecule has 2 fully saturated rings. The molecule has 5 heteroatoms. The first-order valence-corrected chi connectivity index (χ1v) is 13.1. The Bertz CT molecular complexity index is 617. The first-order valence-electron chi connectivity index (χ1n) is 13.1. The fourth-order valence-corrected chi connectivity index (χ4v) is 5.68. The van der Waals surface area contributed by atoms with Crippen LogP contribution in [0.15, 0.2) is 25.3 Å². The average Bonchev–Trinajstić information content (AvgIpc) is 2.80. The Hall–Kier alpha value is -1.62. The Morgan fingerprint density at radius 3 is 1.55 bits per heavy atom. The fourth-order valence-electron chi connectivity index (χ4n) is 5.68. The molecule has 188 valence electrons. The first-order chi connectivity index (χ1) is 15.7. The molecule has 0 amide bonds. The Balaban J connectivity index is 2.38. The van der Waals surface area contributed by atoms with E-state index in [1.165, 1.54) is 12.2 Å². The highest BCUT2D eigenvalue weighted by molar-refractivity contribution is 5.82. The summed E-state index contributed by atoms with van der Waals surface area (Å²) in [6, 6.07) is 0. The van der Waals surface area contributed by atoms with E-state index in [1.807, 2.05) is 0 Å². The Morgan fingerprint density at radius 1 is 0.818 bits per heavy atom. The van der Waals surface area contributed by atoms with Crippen LogP contribution >= 0.6 is 0 Å². The molecule has 0 saturated heterocycles. The zero-order valence-corrected chi connectivity index (χ0v) is 21.4. The van der Waals surface area contributed by atoms with E-state index < -0.39 is 23.5 Å². The summed E-state index contributed by atoms with van der Waals surface area (Å²) in [4.78, 5) is 24.9. The Labute approximate surface area is 201 Å².